The van der Waals surface area contributed by atoms with E-state index in [2.05, 4.69) is 15.5 Å². The van der Waals surface area contributed by atoms with Crippen molar-refractivity contribution >= 4 is 17.3 Å². The molecule has 0 saturated carbocycles. The summed E-state index contributed by atoms with van der Waals surface area (Å²) >= 11 is 5.84. The van der Waals surface area contributed by atoms with E-state index in [0.29, 0.717) is 10.7 Å². The third-order valence-electron chi connectivity index (χ3n) is 2.23. The quantitative estimate of drug-likeness (QED) is 0.812. The summed E-state index contributed by atoms with van der Waals surface area (Å²) in [5.74, 6) is 0.999. The molecular formula is C10H12ClN5. The Balaban J connectivity index is 2.54. The van der Waals surface area contributed by atoms with Crippen molar-refractivity contribution in [2.24, 2.45) is 0 Å². The van der Waals surface area contributed by atoms with E-state index in [1.165, 1.54) is 0 Å². The number of halogens is 1. The average molecular weight is 238 g/mol. The van der Waals surface area contributed by atoms with Crippen molar-refractivity contribution in [1.29, 1.82) is 0 Å². The molecule has 16 heavy (non-hydrogen) atoms. The van der Waals surface area contributed by atoms with Crippen LogP contribution in [0.1, 0.15) is 25.6 Å². The lowest BCUT2D eigenvalue weighted by atomic mass is 10.2. The molecule has 0 saturated heterocycles. The largest absolute Gasteiger partial charge is 0.397 e. The number of benzene rings is 1. The van der Waals surface area contributed by atoms with Gasteiger partial charge in [0.25, 0.3) is 0 Å². The van der Waals surface area contributed by atoms with Crippen molar-refractivity contribution in [2.75, 3.05) is 5.73 Å². The maximum absolute atomic E-state index is 5.88. The van der Waals surface area contributed by atoms with E-state index < -0.39 is 0 Å². The van der Waals surface area contributed by atoms with Gasteiger partial charge in [0.15, 0.2) is 5.82 Å². The van der Waals surface area contributed by atoms with Crippen LogP contribution < -0.4 is 5.73 Å². The van der Waals surface area contributed by atoms with Crippen molar-refractivity contribution in [3.8, 4) is 5.69 Å². The van der Waals surface area contributed by atoms with Gasteiger partial charge in [0.2, 0.25) is 0 Å². The monoisotopic (exact) mass is 237 g/mol. The summed E-state index contributed by atoms with van der Waals surface area (Å²) in [4.78, 5) is 0. The highest BCUT2D eigenvalue weighted by atomic mass is 35.5. The molecule has 0 amide bonds. The lowest BCUT2D eigenvalue weighted by Gasteiger charge is -2.09. The summed E-state index contributed by atoms with van der Waals surface area (Å²) in [6, 6.07) is 5.25. The second-order valence-electron chi connectivity index (χ2n) is 3.81. The Morgan fingerprint density at radius 1 is 1.38 bits per heavy atom. The van der Waals surface area contributed by atoms with Crippen LogP contribution in [0, 0.1) is 0 Å². The van der Waals surface area contributed by atoms with Crippen molar-refractivity contribution in [2.45, 2.75) is 19.8 Å². The predicted molar refractivity (Wildman–Crippen MR) is 62.7 cm³/mol. The number of anilines is 1. The third-order valence-corrected chi connectivity index (χ3v) is 2.46. The Labute approximate surface area is 98.2 Å². The summed E-state index contributed by atoms with van der Waals surface area (Å²) in [7, 11) is 0. The van der Waals surface area contributed by atoms with Crippen molar-refractivity contribution < 1.29 is 0 Å². The molecule has 0 atom stereocenters. The molecule has 5 nitrogen and oxygen atoms in total. The first-order chi connectivity index (χ1) is 7.59. The number of hydrogen-bond acceptors (Lipinski definition) is 4. The van der Waals surface area contributed by atoms with Gasteiger partial charge in [0, 0.05) is 10.9 Å². The zero-order valence-corrected chi connectivity index (χ0v) is 9.81. The highest BCUT2D eigenvalue weighted by Gasteiger charge is 2.13. The van der Waals surface area contributed by atoms with Gasteiger partial charge < -0.3 is 5.73 Å². The molecule has 1 heterocycles. The molecular weight excluding hydrogens is 226 g/mol. The molecule has 1 aromatic carbocycles. The van der Waals surface area contributed by atoms with Crippen LogP contribution in [0.15, 0.2) is 18.2 Å². The van der Waals surface area contributed by atoms with Gasteiger partial charge in [-0.05, 0) is 28.6 Å². The Kier molecular flexibility index (Phi) is 2.78. The van der Waals surface area contributed by atoms with Crippen LogP contribution in [-0.2, 0) is 0 Å². The van der Waals surface area contributed by atoms with Gasteiger partial charge in [-0.25, -0.2) is 0 Å². The molecule has 84 valence electrons. The van der Waals surface area contributed by atoms with Crippen LogP contribution in [0.2, 0.25) is 5.02 Å². The molecule has 6 heteroatoms. The minimum absolute atomic E-state index is 0.227. The number of tetrazole rings is 1. The summed E-state index contributed by atoms with van der Waals surface area (Å²) in [5, 5.41) is 12.2. The number of nitrogens with two attached hydrogens (primary N) is 1. The van der Waals surface area contributed by atoms with E-state index >= 15 is 0 Å². The molecule has 0 aliphatic heterocycles. The summed E-state index contributed by atoms with van der Waals surface area (Å²) in [5.41, 5.74) is 7.19. The molecule has 2 N–H and O–H groups in total. The fourth-order valence-electron chi connectivity index (χ4n) is 1.44. The van der Waals surface area contributed by atoms with E-state index in [1.807, 2.05) is 13.8 Å². The number of aromatic nitrogens is 4. The summed E-state index contributed by atoms with van der Waals surface area (Å²) in [6.07, 6.45) is 0. The van der Waals surface area contributed by atoms with Gasteiger partial charge in [-0.3, -0.25) is 0 Å². The lowest BCUT2D eigenvalue weighted by molar-refractivity contribution is 0.711. The molecule has 0 aliphatic rings. The fourth-order valence-corrected chi connectivity index (χ4v) is 1.62. The van der Waals surface area contributed by atoms with E-state index in [9.17, 15) is 0 Å². The van der Waals surface area contributed by atoms with Crippen molar-refractivity contribution in [3.05, 3.63) is 29.0 Å². The van der Waals surface area contributed by atoms with Gasteiger partial charge in [0.1, 0.15) is 0 Å². The zero-order chi connectivity index (χ0) is 11.7. The van der Waals surface area contributed by atoms with E-state index in [-0.39, 0.29) is 5.92 Å². The molecule has 0 spiro atoms. The normalized spacial score (nSPS) is 11.0. The molecule has 0 fully saturated rings. The second-order valence-corrected chi connectivity index (χ2v) is 4.24. The van der Waals surface area contributed by atoms with Crippen LogP contribution >= 0.6 is 11.6 Å². The van der Waals surface area contributed by atoms with E-state index in [1.54, 1.807) is 22.9 Å². The lowest BCUT2D eigenvalue weighted by Crippen LogP contribution is -2.07. The maximum atomic E-state index is 5.88. The van der Waals surface area contributed by atoms with Crippen LogP contribution in [0.3, 0.4) is 0 Å². The maximum Gasteiger partial charge on any atom is 0.159 e. The first kappa shape index (κ1) is 10.9. The van der Waals surface area contributed by atoms with Gasteiger partial charge in [0.05, 0.1) is 11.4 Å². The third kappa shape index (κ3) is 1.86. The highest BCUT2D eigenvalue weighted by molar-refractivity contribution is 6.30. The van der Waals surface area contributed by atoms with Crippen molar-refractivity contribution in [3.63, 3.8) is 0 Å². The molecule has 0 radical (unpaired) electrons. The summed E-state index contributed by atoms with van der Waals surface area (Å²) in [6.45, 7) is 4.04. The molecule has 0 unspecified atom stereocenters. The van der Waals surface area contributed by atoms with Gasteiger partial charge in [-0.15, -0.1) is 5.10 Å². The summed E-state index contributed by atoms with van der Waals surface area (Å²) < 4.78 is 1.64. The Morgan fingerprint density at radius 3 is 2.75 bits per heavy atom. The van der Waals surface area contributed by atoms with Gasteiger partial charge in [-0.2, -0.15) is 4.68 Å². The minimum Gasteiger partial charge on any atom is -0.397 e. The minimum atomic E-state index is 0.227. The molecule has 1 aromatic heterocycles. The number of nitrogen functional groups attached to an aromatic ring is 1. The molecule has 0 bridgehead atoms. The molecule has 0 aliphatic carbocycles. The molecule has 2 aromatic rings. The van der Waals surface area contributed by atoms with Crippen LogP contribution in [0.25, 0.3) is 5.69 Å². The van der Waals surface area contributed by atoms with Crippen LogP contribution in [0.5, 0.6) is 0 Å². The Hall–Kier alpha value is -1.62. The van der Waals surface area contributed by atoms with E-state index in [4.69, 9.17) is 17.3 Å². The second kappa shape index (κ2) is 4.09. The highest BCUT2D eigenvalue weighted by Crippen LogP contribution is 2.23. The fraction of sp³-hybridized carbons (Fsp3) is 0.300. The van der Waals surface area contributed by atoms with Crippen LogP contribution in [-0.4, -0.2) is 20.2 Å². The van der Waals surface area contributed by atoms with E-state index in [0.717, 1.165) is 11.5 Å². The Morgan fingerprint density at radius 2 is 2.12 bits per heavy atom. The van der Waals surface area contributed by atoms with Crippen LogP contribution in [0.4, 0.5) is 5.69 Å². The topological polar surface area (TPSA) is 69.6 Å². The first-order valence-electron chi connectivity index (χ1n) is 4.93. The molecule has 2 rings (SSSR count). The number of rotatable bonds is 2. The predicted octanol–water partition coefficient (Wildman–Crippen LogP) is 2.02. The van der Waals surface area contributed by atoms with Gasteiger partial charge in [-0.1, -0.05) is 25.4 Å². The zero-order valence-electron chi connectivity index (χ0n) is 9.05. The number of nitrogens with zero attached hydrogens (tertiary/aromatic N) is 4. The standard InChI is InChI=1S/C10H12ClN5/c1-6(2)10-13-14-15-16(10)9-4-3-7(11)5-8(9)12/h3-6H,12H2,1-2H3. The first-order valence-corrected chi connectivity index (χ1v) is 5.31. The number of hydrogen-bond donors (Lipinski definition) is 1. The SMILES string of the molecule is CC(C)c1nnnn1-c1ccc(Cl)cc1N. The van der Waals surface area contributed by atoms with Crippen molar-refractivity contribution in [1.82, 2.24) is 20.2 Å². The van der Waals surface area contributed by atoms with Gasteiger partial charge >= 0.3 is 0 Å². The smallest absolute Gasteiger partial charge is 0.159 e. The average Bonchev–Trinajstić information content (AvgIpc) is 2.66. The Bertz CT molecular complexity index is 506.